The molecule has 0 amide bonds. The van der Waals surface area contributed by atoms with E-state index < -0.39 is 0 Å². The van der Waals surface area contributed by atoms with Crippen molar-refractivity contribution in [1.29, 1.82) is 0 Å². The molecule has 0 spiro atoms. The highest BCUT2D eigenvalue weighted by Gasteiger charge is 2.17. The number of nitrogens with two attached hydrogens (primary N) is 1. The average Bonchev–Trinajstić information content (AvgIpc) is 3.00. The molecule has 0 radical (unpaired) electrons. The zero-order valence-electron chi connectivity index (χ0n) is 10.8. The van der Waals surface area contributed by atoms with Gasteiger partial charge in [-0.1, -0.05) is 0 Å². The maximum atomic E-state index is 5.95. The van der Waals surface area contributed by atoms with Gasteiger partial charge in [0.05, 0.1) is 5.69 Å². The number of nitrogens with zero attached hydrogens (tertiary/aromatic N) is 4. The quantitative estimate of drug-likeness (QED) is 0.801. The van der Waals surface area contributed by atoms with Crippen molar-refractivity contribution < 1.29 is 0 Å². The standard InChI is InChI=1S/C12H15N5S2/c1-8(13)7-9-10(15-12-17(9)5-6-18-12)19-11-14-3-4-16(11)2/h3-6,8H,7,13H2,1-2H3. The molecule has 0 saturated heterocycles. The molecule has 3 rings (SSSR count). The van der Waals surface area contributed by atoms with E-state index >= 15 is 0 Å². The van der Waals surface area contributed by atoms with E-state index in [1.807, 2.05) is 36.3 Å². The molecule has 7 heteroatoms. The summed E-state index contributed by atoms with van der Waals surface area (Å²) in [6.45, 7) is 2.01. The van der Waals surface area contributed by atoms with Crippen LogP contribution in [0.5, 0.6) is 0 Å². The average molecular weight is 293 g/mol. The first-order valence-corrected chi connectivity index (χ1v) is 7.70. The summed E-state index contributed by atoms with van der Waals surface area (Å²) in [5.41, 5.74) is 7.11. The molecule has 0 bridgehead atoms. The van der Waals surface area contributed by atoms with Crippen LogP contribution in [0.25, 0.3) is 4.96 Å². The SMILES string of the molecule is CC(N)Cc1c(Sc2nccn2C)nc2sccn12. The third-order valence-electron chi connectivity index (χ3n) is 2.80. The van der Waals surface area contributed by atoms with Crippen molar-refractivity contribution in [2.24, 2.45) is 12.8 Å². The molecule has 0 saturated carbocycles. The second-order valence-electron chi connectivity index (χ2n) is 4.52. The molecule has 100 valence electrons. The maximum absolute atomic E-state index is 5.95. The van der Waals surface area contributed by atoms with Crippen molar-refractivity contribution in [3.63, 3.8) is 0 Å². The van der Waals surface area contributed by atoms with E-state index in [0.717, 1.165) is 21.6 Å². The van der Waals surface area contributed by atoms with Gasteiger partial charge >= 0.3 is 0 Å². The van der Waals surface area contributed by atoms with E-state index in [1.54, 1.807) is 29.3 Å². The molecule has 19 heavy (non-hydrogen) atoms. The van der Waals surface area contributed by atoms with Crippen LogP contribution in [0.2, 0.25) is 0 Å². The Labute approximate surface area is 119 Å². The van der Waals surface area contributed by atoms with Crippen LogP contribution in [0, 0.1) is 0 Å². The molecule has 0 fully saturated rings. The smallest absolute Gasteiger partial charge is 0.194 e. The normalized spacial score (nSPS) is 13.2. The number of rotatable bonds is 4. The second-order valence-corrected chi connectivity index (χ2v) is 6.35. The molecule has 1 atom stereocenters. The van der Waals surface area contributed by atoms with Crippen LogP contribution in [0.1, 0.15) is 12.6 Å². The Bertz CT molecular complexity index is 694. The van der Waals surface area contributed by atoms with Crippen molar-refractivity contribution in [2.75, 3.05) is 0 Å². The molecule has 3 aromatic heterocycles. The lowest BCUT2D eigenvalue weighted by atomic mass is 10.2. The topological polar surface area (TPSA) is 61.1 Å². The van der Waals surface area contributed by atoms with Gasteiger partial charge in [-0.3, -0.25) is 4.40 Å². The lowest BCUT2D eigenvalue weighted by Crippen LogP contribution is -2.19. The lowest BCUT2D eigenvalue weighted by molar-refractivity contribution is 0.705. The van der Waals surface area contributed by atoms with E-state index in [0.29, 0.717) is 0 Å². The van der Waals surface area contributed by atoms with Gasteiger partial charge in [-0.2, -0.15) is 0 Å². The second kappa shape index (κ2) is 4.99. The van der Waals surface area contributed by atoms with Gasteiger partial charge in [0.25, 0.3) is 0 Å². The number of fused-ring (bicyclic) bond motifs is 1. The molecule has 0 aliphatic carbocycles. The van der Waals surface area contributed by atoms with E-state index in [-0.39, 0.29) is 6.04 Å². The molecule has 0 aliphatic rings. The number of hydrogen-bond acceptors (Lipinski definition) is 5. The Hall–Kier alpha value is -1.31. The largest absolute Gasteiger partial charge is 0.329 e. The Morgan fingerprint density at radius 2 is 2.32 bits per heavy atom. The van der Waals surface area contributed by atoms with Gasteiger partial charge in [-0.05, 0) is 18.7 Å². The first-order chi connectivity index (χ1) is 9.15. The fraction of sp³-hybridized carbons (Fsp3) is 0.333. The molecule has 0 aromatic carbocycles. The summed E-state index contributed by atoms with van der Waals surface area (Å²) in [6, 6.07) is 0.112. The highest BCUT2D eigenvalue weighted by molar-refractivity contribution is 7.99. The minimum absolute atomic E-state index is 0.112. The van der Waals surface area contributed by atoms with E-state index in [9.17, 15) is 0 Å². The van der Waals surface area contributed by atoms with Crippen molar-refractivity contribution >= 4 is 28.1 Å². The summed E-state index contributed by atoms with van der Waals surface area (Å²) in [5.74, 6) is 0. The van der Waals surface area contributed by atoms with Gasteiger partial charge in [0, 0.05) is 43.5 Å². The van der Waals surface area contributed by atoms with Crippen molar-refractivity contribution in [1.82, 2.24) is 18.9 Å². The van der Waals surface area contributed by atoms with Crippen LogP contribution in [-0.4, -0.2) is 25.0 Å². The van der Waals surface area contributed by atoms with Crippen molar-refractivity contribution in [3.8, 4) is 0 Å². The first kappa shape index (κ1) is 12.7. The van der Waals surface area contributed by atoms with Crippen LogP contribution in [-0.2, 0) is 13.5 Å². The lowest BCUT2D eigenvalue weighted by Gasteiger charge is -2.06. The Morgan fingerprint density at radius 1 is 1.47 bits per heavy atom. The molecular formula is C12H15N5S2. The highest BCUT2D eigenvalue weighted by Crippen LogP contribution is 2.31. The molecule has 2 N–H and O–H groups in total. The van der Waals surface area contributed by atoms with E-state index in [1.165, 1.54) is 5.69 Å². The number of imidazole rings is 2. The molecule has 3 aromatic rings. The van der Waals surface area contributed by atoms with Gasteiger partial charge in [0.15, 0.2) is 10.1 Å². The number of hydrogen-bond donors (Lipinski definition) is 1. The summed E-state index contributed by atoms with van der Waals surface area (Å²) < 4.78 is 4.12. The van der Waals surface area contributed by atoms with E-state index in [4.69, 9.17) is 5.73 Å². The number of aryl methyl sites for hydroxylation is 1. The van der Waals surface area contributed by atoms with Gasteiger partial charge in [-0.25, -0.2) is 9.97 Å². The van der Waals surface area contributed by atoms with Gasteiger partial charge in [0.1, 0.15) is 5.03 Å². The predicted molar refractivity (Wildman–Crippen MR) is 77.8 cm³/mol. The van der Waals surface area contributed by atoms with Gasteiger partial charge < -0.3 is 10.3 Å². The summed E-state index contributed by atoms with van der Waals surface area (Å²) in [5, 5.41) is 3.98. The zero-order chi connectivity index (χ0) is 13.4. The third-order valence-corrected chi connectivity index (χ3v) is 4.66. The van der Waals surface area contributed by atoms with Crippen LogP contribution >= 0.6 is 23.1 Å². The van der Waals surface area contributed by atoms with Crippen LogP contribution in [0.3, 0.4) is 0 Å². The summed E-state index contributed by atoms with van der Waals surface area (Å²) in [4.78, 5) is 10.0. The zero-order valence-corrected chi connectivity index (χ0v) is 12.4. The van der Waals surface area contributed by atoms with Gasteiger partial charge in [-0.15, -0.1) is 11.3 Å². The molecule has 0 aliphatic heterocycles. The summed E-state index contributed by atoms with van der Waals surface area (Å²) >= 11 is 3.23. The Kier molecular flexibility index (Phi) is 3.34. The number of thiazole rings is 1. The monoisotopic (exact) mass is 293 g/mol. The maximum Gasteiger partial charge on any atom is 0.194 e. The third kappa shape index (κ3) is 2.41. The summed E-state index contributed by atoms with van der Waals surface area (Å²) in [7, 11) is 1.99. The minimum Gasteiger partial charge on any atom is -0.329 e. The molecule has 3 heterocycles. The minimum atomic E-state index is 0.112. The Balaban J connectivity index is 2.02. The Morgan fingerprint density at radius 3 is 3.00 bits per heavy atom. The highest BCUT2D eigenvalue weighted by atomic mass is 32.2. The fourth-order valence-corrected chi connectivity index (χ4v) is 3.64. The van der Waals surface area contributed by atoms with Gasteiger partial charge in [0.2, 0.25) is 0 Å². The van der Waals surface area contributed by atoms with E-state index in [2.05, 4.69) is 14.4 Å². The van der Waals surface area contributed by atoms with Crippen LogP contribution in [0.15, 0.2) is 34.2 Å². The van der Waals surface area contributed by atoms with Crippen molar-refractivity contribution in [2.45, 2.75) is 29.6 Å². The number of aromatic nitrogens is 4. The molecule has 1 unspecified atom stereocenters. The summed E-state index contributed by atoms with van der Waals surface area (Å²) in [6.07, 6.45) is 6.59. The molecule has 5 nitrogen and oxygen atoms in total. The van der Waals surface area contributed by atoms with Crippen LogP contribution < -0.4 is 5.73 Å². The predicted octanol–water partition coefficient (Wildman–Crippen LogP) is 2.17. The van der Waals surface area contributed by atoms with Crippen LogP contribution in [0.4, 0.5) is 0 Å². The fourth-order valence-electron chi connectivity index (χ4n) is 1.92. The first-order valence-electron chi connectivity index (χ1n) is 6.00. The van der Waals surface area contributed by atoms with Crippen molar-refractivity contribution in [3.05, 3.63) is 29.7 Å². The molecular weight excluding hydrogens is 278 g/mol.